The molecule has 0 aliphatic carbocycles. The molecule has 0 radical (unpaired) electrons. The maximum Gasteiger partial charge on any atom is 0.306 e. The summed E-state index contributed by atoms with van der Waals surface area (Å²) >= 11 is 3.74. The van der Waals surface area contributed by atoms with Crippen molar-refractivity contribution in [3.05, 3.63) is 61.2 Å². The zero-order chi connectivity index (χ0) is 35.1. The highest BCUT2D eigenvalue weighted by Gasteiger charge is 2.77. The van der Waals surface area contributed by atoms with E-state index in [0.717, 1.165) is 18.7 Å². The average Bonchev–Trinajstić information content (AvgIpc) is 3.72. The third-order valence-corrected chi connectivity index (χ3v) is 11.1. The number of carbonyl (C=O) groups excluding carboxylic acids is 4. The van der Waals surface area contributed by atoms with Crippen LogP contribution in [0.3, 0.4) is 0 Å². The van der Waals surface area contributed by atoms with Gasteiger partial charge in [0.1, 0.15) is 18.2 Å². The van der Waals surface area contributed by atoms with Crippen molar-refractivity contribution < 1.29 is 38.5 Å². The fourth-order valence-electron chi connectivity index (χ4n) is 7.80. The van der Waals surface area contributed by atoms with Crippen LogP contribution in [0.1, 0.15) is 44.2 Å². The molecule has 2 bridgehead atoms. The van der Waals surface area contributed by atoms with Crippen LogP contribution in [0.25, 0.3) is 0 Å². The normalized spacial score (nSPS) is 28.8. The van der Waals surface area contributed by atoms with Gasteiger partial charge >= 0.3 is 5.97 Å². The molecule has 13 heteroatoms. The van der Waals surface area contributed by atoms with Gasteiger partial charge in [0, 0.05) is 44.0 Å². The maximum absolute atomic E-state index is 14.7. The Kier molecular flexibility index (Phi) is 12.7. The summed E-state index contributed by atoms with van der Waals surface area (Å²) in [4.78, 5) is 61.2. The Labute approximate surface area is 296 Å². The minimum Gasteiger partial charge on any atom is -0.463 e. The number of ether oxygens (including phenoxy) is 3. The van der Waals surface area contributed by atoms with E-state index < -0.39 is 53.5 Å². The van der Waals surface area contributed by atoms with Crippen LogP contribution in [0.15, 0.2) is 55.6 Å². The first kappa shape index (κ1) is 37.2. The minimum absolute atomic E-state index is 0.0964. The van der Waals surface area contributed by atoms with Crippen molar-refractivity contribution in [3.8, 4) is 0 Å². The lowest BCUT2D eigenvalue weighted by Gasteiger charge is -2.39. The fraction of sp³-hybridized carbons (Fsp3) is 0.611. The van der Waals surface area contributed by atoms with Crippen molar-refractivity contribution in [3.63, 3.8) is 0 Å². The third-order valence-electron chi connectivity index (χ3n) is 10.3. The molecule has 4 heterocycles. The van der Waals surface area contributed by atoms with E-state index in [1.54, 1.807) is 17.1 Å². The SMILES string of the molecule is C=CCCC(=O)OC[C@@H](NC(=O)[C@@H]1[C@H]2O[C@@]3(CC2Br)[C@H](C(=O)N(CC=C)CCN2CCOCC2)N([C@@H](CC)CO)C(=O)[C@@H]13)c1ccccc1. The van der Waals surface area contributed by atoms with Crippen LogP contribution in [0.5, 0.6) is 0 Å². The molecule has 1 unspecified atom stereocenters. The Bertz CT molecular complexity index is 1360. The first-order chi connectivity index (χ1) is 23.7. The van der Waals surface area contributed by atoms with E-state index in [2.05, 4.69) is 39.3 Å². The van der Waals surface area contributed by atoms with Gasteiger partial charge < -0.3 is 34.4 Å². The Morgan fingerprint density at radius 2 is 1.94 bits per heavy atom. The maximum atomic E-state index is 14.7. The number of likely N-dealkylation sites (tertiary alicyclic amines) is 1. The highest BCUT2D eigenvalue weighted by molar-refractivity contribution is 9.09. The van der Waals surface area contributed by atoms with Gasteiger partial charge in [-0.05, 0) is 24.8 Å². The van der Waals surface area contributed by atoms with Crippen molar-refractivity contribution in [2.75, 3.05) is 59.2 Å². The second kappa shape index (κ2) is 16.7. The van der Waals surface area contributed by atoms with Gasteiger partial charge in [0.05, 0.1) is 49.8 Å². The number of amides is 3. The summed E-state index contributed by atoms with van der Waals surface area (Å²) in [5.74, 6) is -3.37. The summed E-state index contributed by atoms with van der Waals surface area (Å²) in [6, 6.07) is 6.84. The average molecular weight is 746 g/mol. The first-order valence-electron chi connectivity index (χ1n) is 17.3. The van der Waals surface area contributed by atoms with Crippen molar-refractivity contribution in [1.29, 1.82) is 0 Å². The van der Waals surface area contributed by atoms with Crippen molar-refractivity contribution >= 4 is 39.6 Å². The first-order valence-corrected chi connectivity index (χ1v) is 18.2. The molecule has 0 aromatic heterocycles. The molecule has 4 aliphatic heterocycles. The number of allylic oxidation sites excluding steroid dienone is 1. The number of nitrogens with one attached hydrogen (secondary N) is 1. The monoisotopic (exact) mass is 744 g/mol. The number of nitrogens with zero attached hydrogens (tertiary/aromatic N) is 3. The van der Waals surface area contributed by atoms with Crippen LogP contribution in [0.4, 0.5) is 0 Å². The number of aliphatic hydroxyl groups is 1. The van der Waals surface area contributed by atoms with Gasteiger partial charge in [-0.15, -0.1) is 13.2 Å². The number of rotatable bonds is 17. The molecule has 3 amide bonds. The van der Waals surface area contributed by atoms with Gasteiger partial charge in [-0.3, -0.25) is 24.1 Å². The second-order valence-electron chi connectivity index (χ2n) is 13.2. The lowest BCUT2D eigenvalue weighted by molar-refractivity contribution is -0.151. The zero-order valence-corrected chi connectivity index (χ0v) is 29.8. The number of alkyl halides is 1. The Morgan fingerprint density at radius 3 is 2.59 bits per heavy atom. The van der Waals surface area contributed by atoms with E-state index in [1.807, 2.05) is 37.3 Å². The summed E-state index contributed by atoms with van der Waals surface area (Å²) in [5.41, 5.74) is -0.546. The number of halogens is 1. The molecule has 49 heavy (non-hydrogen) atoms. The third kappa shape index (κ3) is 7.65. The van der Waals surface area contributed by atoms with E-state index in [4.69, 9.17) is 14.2 Å². The molecule has 4 aliphatic rings. The van der Waals surface area contributed by atoms with Gasteiger partial charge in [-0.2, -0.15) is 0 Å². The summed E-state index contributed by atoms with van der Waals surface area (Å²) < 4.78 is 17.7. The molecular formula is C36H49BrN4O8. The van der Waals surface area contributed by atoms with Crippen molar-refractivity contribution in [2.24, 2.45) is 11.8 Å². The number of aliphatic hydroxyl groups excluding tert-OH is 1. The second-order valence-corrected chi connectivity index (χ2v) is 14.3. The molecule has 4 saturated heterocycles. The van der Waals surface area contributed by atoms with Crippen LogP contribution in [-0.4, -0.2) is 131 Å². The largest absolute Gasteiger partial charge is 0.463 e. The number of fused-ring (bicyclic) bond motifs is 1. The molecule has 2 N–H and O–H groups in total. The number of hydrogen-bond donors (Lipinski definition) is 2. The molecule has 1 aromatic carbocycles. The van der Waals surface area contributed by atoms with E-state index in [-0.39, 0.29) is 42.8 Å². The van der Waals surface area contributed by atoms with Crippen LogP contribution in [0.2, 0.25) is 0 Å². The topological polar surface area (TPSA) is 138 Å². The molecule has 1 aromatic rings. The molecule has 5 rings (SSSR count). The highest BCUT2D eigenvalue weighted by Crippen LogP contribution is 2.60. The van der Waals surface area contributed by atoms with Crippen LogP contribution in [-0.2, 0) is 33.4 Å². The quantitative estimate of drug-likeness (QED) is 0.140. The van der Waals surface area contributed by atoms with E-state index in [0.29, 0.717) is 45.6 Å². The van der Waals surface area contributed by atoms with Crippen LogP contribution >= 0.6 is 15.9 Å². The lowest BCUT2D eigenvalue weighted by atomic mass is 9.70. The number of esters is 1. The molecule has 4 fully saturated rings. The number of carbonyl (C=O) groups is 4. The summed E-state index contributed by atoms with van der Waals surface area (Å²) in [6.07, 6.45) is 4.04. The van der Waals surface area contributed by atoms with Gasteiger partial charge in [-0.1, -0.05) is 65.3 Å². The number of morpholine rings is 1. The molecular weight excluding hydrogens is 696 g/mol. The Morgan fingerprint density at radius 1 is 1.20 bits per heavy atom. The predicted octanol–water partition coefficient (Wildman–Crippen LogP) is 2.22. The van der Waals surface area contributed by atoms with Gasteiger partial charge in [0.15, 0.2) is 0 Å². The van der Waals surface area contributed by atoms with E-state index in [1.165, 1.54) is 4.90 Å². The summed E-state index contributed by atoms with van der Waals surface area (Å²) in [5, 5.41) is 13.5. The number of benzene rings is 1. The van der Waals surface area contributed by atoms with Crippen molar-refractivity contribution in [1.82, 2.24) is 20.0 Å². The van der Waals surface area contributed by atoms with Gasteiger partial charge in [-0.25, -0.2) is 0 Å². The van der Waals surface area contributed by atoms with Crippen LogP contribution < -0.4 is 5.32 Å². The summed E-state index contributed by atoms with van der Waals surface area (Å²) in [6.45, 7) is 13.1. The van der Waals surface area contributed by atoms with Crippen molar-refractivity contribution in [2.45, 2.75) is 67.3 Å². The Balaban J connectivity index is 1.44. The van der Waals surface area contributed by atoms with E-state index >= 15 is 0 Å². The molecule has 12 nitrogen and oxygen atoms in total. The smallest absolute Gasteiger partial charge is 0.306 e. The zero-order valence-electron chi connectivity index (χ0n) is 28.2. The van der Waals surface area contributed by atoms with Crippen LogP contribution in [0, 0.1) is 11.8 Å². The molecule has 0 saturated carbocycles. The standard InChI is InChI=1S/C36H49BrN4O8/c1-4-7-13-28(43)48-23-27(24-11-9-8-10-12-24)38-33(44)29-30-34(45)41(25(6-3)22-42)32(36(30)21-26(37)31(29)49-36)35(46)40(14-5-2)16-15-39-17-19-47-20-18-39/h4-5,8-12,25-27,29-32,42H,1-2,6-7,13-23H2,3H3,(H,38,44)/t25-,26?,27+,29-,30+,31-,32-,36+/m0/s1. The Hall–Kier alpha value is -3.10. The summed E-state index contributed by atoms with van der Waals surface area (Å²) in [7, 11) is 0. The lowest BCUT2D eigenvalue weighted by Crippen LogP contribution is -2.59. The highest BCUT2D eigenvalue weighted by atomic mass is 79.9. The van der Waals surface area contributed by atoms with Gasteiger partial charge in [0.25, 0.3) is 0 Å². The van der Waals surface area contributed by atoms with E-state index in [9.17, 15) is 24.3 Å². The molecule has 1 spiro atoms. The molecule has 8 atom stereocenters. The fourth-order valence-corrected chi connectivity index (χ4v) is 8.75. The number of hydrogen-bond acceptors (Lipinski definition) is 9. The molecule has 268 valence electrons. The predicted molar refractivity (Wildman–Crippen MR) is 185 cm³/mol. The minimum atomic E-state index is -1.28. The van der Waals surface area contributed by atoms with Gasteiger partial charge in [0.2, 0.25) is 17.7 Å².